The van der Waals surface area contributed by atoms with Crippen molar-refractivity contribution in [3.8, 4) is 0 Å². The molecule has 0 nitrogen and oxygen atoms in total. The molecule has 0 aliphatic rings. The maximum absolute atomic E-state index is 14.5. The predicted octanol–water partition coefficient (Wildman–Crippen LogP) is 3.26. The average molecular weight is 373 g/mol. The summed E-state index contributed by atoms with van der Waals surface area (Å²) in [5.41, 5.74) is 0. The molecule has 0 saturated carbocycles. The number of hydrogen-bond donors (Lipinski definition) is 0. The third-order valence-electron chi connectivity index (χ3n) is 4.05. The van der Waals surface area contributed by atoms with Crippen molar-refractivity contribution in [2.24, 2.45) is 0 Å². The third-order valence-corrected chi connectivity index (χ3v) is 13.4. The fourth-order valence-corrected chi connectivity index (χ4v) is 11.6. The molecule has 0 radical (unpaired) electrons. The van der Waals surface area contributed by atoms with Gasteiger partial charge < -0.3 is 0 Å². The van der Waals surface area contributed by atoms with E-state index < -0.39 is 18.3 Å². The van der Waals surface area contributed by atoms with E-state index in [1.54, 1.807) is 91.0 Å². The van der Waals surface area contributed by atoms with Crippen LogP contribution < -0.4 is 13.2 Å². The minimum absolute atomic E-state index is 0.400. The van der Waals surface area contributed by atoms with Crippen LogP contribution in [0.25, 0.3) is 0 Å². The van der Waals surface area contributed by atoms with Crippen LogP contribution in [-0.4, -0.2) is 18.3 Å². The Labute approximate surface area is 136 Å². The Morgan fingerprint density at radius 3 is 0.957 bits per heavy atom. The Morgan fingerprint density at radius 1 is 0.478 bits per heavy atom. The summed E-state index contributed by atoms with van der Waals surface area (Å²) in [4.78, 5) is 0. The van der Waals surface area contributed by atoms with Gasteiger partial charge in [-0.05, 0) is 0 Å². The van der Waals surface area contributed by atoms with Gasteiger partial charge in [-0.2, -0.15) is 0 Å². The van der Waals surface area contributed by atoms with Gasteiger partial charge in [-0.15, -0.1) is 0 Å². The van der Waals surface area contributed by atoms with Crippen LogP contribution >= 0.6 is 0 Å². The maximum atomic E-state index is 14.5. The standard InChI is InChI=1S/C19H15F3Ge/c20-19(21,22)23(16-10-4-1-5-11-16,17-12-6-2-7-13-17)18-14-8-3-9-15-18/h1-15H. The molecule has 116 valence electrons. The molecule has 3 rings (SSSR count). The number of rotatable bonds is 3. The molecule has 0 unspecified atom stereocenters. The Bertz CT molecular complexity index is 656. The molecule has 0 aliphatic carbocycles. The zero-order valence-corrected chi connectivity index (χ0v) is 14.4. The van der Waals surface area contributed by atoms with Crippen molar-refractivity contribution in [2.45, 2.75) is 5.01 Å². The number of halogens is 3. The molecule has 0 heterocycles. The second-order valence-electron chi connectivity index (χ2n) is 5.35. The Hall–Kier alpha value is -2.01. The van der Waals surface area contributed by atoms with Crippen LogP contribution in [0.15, 0.2) is 91.0 Å². The van der Waals surface area contributed by atoms with Gasteiger partial charge in [0.1, 0.15) is 0 Å². The quantitative estimate of drug-likeness (QED) is 0.619. The van der Waals surface area contributed by atoms with Gasteiger partial charge >= 0.3 is 136 Å². The van der Waals surface area contributed by atoms with Crippen molar-refractivity contribution in [1.82, 2.24) is 0 Å². The molecule has 3 aromatic rings. The minimum atomic E-state index is -4.81. The van der Waals surface area contributed by atoms with Gasteiger partial charge in [0.2, 0.25) is 0 Å². The Balaban J connectivity index is 2.41. The van der Waals surface area contributed by atoms with Gasteiger partial charge in [-0.3, -0.25) is 0 Å². The zero-order chi connectivity index (χ0) is 16.3. The summed E-state index contributed by atoms with van der Waals surface area (Å²) >= 11 is -4.81. The molecule has 0 fully saturated rings. The molecular formula is C19H15F3Ge. The number of benzene rings is 3. The number of hydrogen-bond acceptors (Lipinski definition) is 0. The molecular weight excluding hydrogens is 358 g/mol. The summed E-state index contributed by atoms with van der Waals surface area (Å²) < 4.78 is 44.7. The predicted molar refractivity (Wildman–Crippen MR) is 90.0 cm³/mol. The zero-order valence-electron chi connectivity index (χ0n) is 12.3. The summed E-state index contributed by atoms with van der Waals surface area (Å²) in [6.45, 7) is 0. The molecule has 0 spiro atoms. The van der Waals surface area contributed by atoms with Crippen LogP contribution in [0.1, 0.15) is 0 Å². The van der Waals surface area contributed by atoms with Crippen LogP contribution in [0.3, 0.4) is 0 Å². The molecule has 0 bridgehead atoms. The van der Waals surface area contributed by atoms with Crippen molar-refractivity contribution >= 4 is 26.5 Å². The second-order valence-corrected chi connectivity index (χ2v) is 13.3. The van der Waals surface area contributed by atoms with E-state index in [1.165, 1.54) is 0 Å². The Kier molecular flexibility index (Phi) is 4.31. The first-order valence-corrected chi connectivity index (χ1v) is 11.5. The van der Waals surface area contributed by atoms with Crippen molar-refractivity contribution in [3.63, 3.8) is 0 Å². The SMILES string of the molecule is F[C](F)(F)[Ge]([c]1ccccc1)([c]1ccccc1)[c]1ccccc1. The molecule has 23 heavy (non-hydrogen) atoms. The van der Waals surface area contributed by atoms with E-state index in [-0.39, 0.29) is 0 Å². The molecule has 0 aromatic heterocycles. The first-order valence-electron chi connectivity index (χ1n) is 7.30. The van der Waals surface area contributed by atoms with Crippen molar-refractivity contribution in [3.05, 3.63) is 91.0 Å². The van der Waals surface area contributed by atoms with Crippen molar-refractivity contribution in [2.75, 3.05) is 0 Å². The first-order chi connectivity index (χ1) is 11.1. The first kappa shape index (κ1) is 15.9. The fourth-order valence-electron chi connectivity index (χ4n) is 3.06. The summed E-state index contributed by atoms with van der Waals surface area (Å²) in [6, 6.07) is 25.1. The fraction of sp³-hybridized carbons (Fsp3) is 0.0526. The van der Waals surface area contributed by atoms with E-state index >= 15 is 0 Å². The normalized spacial score (nSPS) is 12.1. The van der Waals surface area contributed by atoms with Crippen LogP contribution in [0.4, 0.5) is 13.2 Å². The Morgan fingerprint density at radius 2 is 0.739 bits per heavy atom. The summed E-state index contributed by atoms with van der Waals surface area (Å²) in [5.74, 6) is 0. The molecule has 0 N–H and O–H groups in total. The van der Waals surface area contributed by atoms with Gasteiger partial charge in [-0.1, -0.05) is 0 Å². The number of alkyl halides is 3. The van der Waals surface area contributed by atoms with E-state index in [1.807, 2.05) is 0 Å². The van der Waals surface area contributed by atoms with Crippen LogP contribution in [0.5, 0.6) is 0 Å². The van der Waals surface area contributed by atoms with Crippen LogP contribution in [0, 0.1) is 0 Å². The molecule has 0 amide bonds. The average Bonchev–Trinajstić information content (AvgIpc) is 2.57. The van der Waals surface area contributed by atoms with E-state index in [4.69, 9.17) is 0 Å². The molecule has 0 saturated heterocycles. The van der Waals surface area contributed by atoms with Gasteiger partial charge in [-0.25, -0.2) is 0 Å². The van der Waals surface area contributed by atoms with E-state index in [0.717, 1.165) is 0 Å². The van der Waals surface area contributed by atoms with E-state index in [9.17, 15) is 13.2 Å². The van der Waals surface area contributed by atoms with Gasteiger partial charge in [0.15, 0.2) is 0 Å². The monoisotopic (exact) mass is 374 g/mol. The van der Waals surface area contributed by atoms with E-state index in [2.05, 4.69) is 0 Å². The topological polar surface area (TPSA) is 0 Å². The van der Waals surface area contributed by atoms with Crippen molar-refractivity contribution < 1.29 is 13.2 Å². The second kappa shape index (κ2) is 6.24. The van der Waals surface area contributed by atoms with Crippen LogP contribution in [-0.2, 0) is 0 Å². The summed E-state index contributed by atoms with van der Waals surface area (Å²) in [7, 11) is 0. The molecule has 3 aromatic carbocycles. The van der Waals surface area contributed by atoms with Gasteiger partial charge in [0.05, 0.1) is 0 Å². The third kappa shape index (κ3) is 2.70. The molecule has 0 atom stereocenters. The molecule has 0 aliphatic heterocycles. The van der Waals surface area contributed by atoms with Crippen molar-refractivity contribution in [1.29, 1.82) is 0 Å². The van der Waals surface area contributed by atoms with E-state index in [0.29, 0.717) is 13.2 Å². The molecule has 4 heteroatoms. The summed E-state index contributed by atoms with van der Waals surface area (Å²) in [5, 5.41) is -4.29. The summed E-state index contributed by atoms with van der Waals surface area (Å²) in [6.07, 6.45) is 0. The van der Waals surface area contributed by atoms with Gasteiger partial charge in [0.25, 0.3) is 0 Å². The van der Waals surface area contributed by atoms with Crippen LogP contribution in [0.2, 0.25) is 0 Å². The van der Waals surface area contributed by atoms with Gasteiger partial charge in [0, 0.05) is 0 Å².